The molecule has 32 heavy (non-hydrogen) atoms. The molecule has 0 aliphatic heterocycles. The summed E-state index contributed by atoms with van der Waals surface area (Å²) in [6, 6.07) is 12.1. The average molecular weight is 461 g/mol. The molecule has 0 saturated carbocycles. The lowest BCUT2D eigenvalue weighted by atomic mass is 10.1. The van der Waals surface area contributed by atoms with Gasteiger partial charge in [0.15, 0.2) is 0 Å². The first-order valence-corrected chi connectivity index (χ1v) is 11.8. The lowest BCUT2D eigenvalue weighted by Crippen LogP contribution is -2.44. The van der Waals surface area contributed by atoms with Crippen molar-refractivity contribution in [3.63, 3.8) is 0 Å². The molecule has 0 heterocycles. The normalized spacial score (nSPS) is 12.3. The molecule has 1 atom stereocenters. The Kier molecular flexibility index (Phi) is 8.40. The van der Waals surface area contributed by atoms with E-state index in [1.807, 2.05) is 32.9 Å². The molecule has 0 spiro atoms. The van der Waals surface area contributed by atoms with E-state index < -0.39 is 22.7 Å². The van der Waals surface area contributed by atoms with Crippen LogP contribution in [0.5, 0.6) is 0 Å². The molecular formula is C23H32N4O4S. The summed E-state index contributed by atoms with van der Waals surface area (Å²) in [5.74, 6) is -0.859. The summed E-state index contributed by atoms with van der Waals surface area (Å²) in [5, 5.41) is 5.58. The van der Waals surface area contributed by atoms with Gasteiger partial charge in [0.1, 0.15) is 6.54 Å². The van der Waals surface area contributed by atoms with E-state index in [9.17, 15) is 18.0 Å². The summed E-state index contributed by atoms with van der Waals surface area (Å²) in [6.07, 6.45) is 0.771. The van der Waals surface area contributed by atoms with Gasteiger partial charge in [0.05, 0.1) is 16.9 Å². The van der Waals surface area contributed by atoms with E-state index in [1.54, 1.807) is 37.3 Å². The predicted octanol–water partition coefficient (Wildman–Crippen LogP) is 3.08. The minimum Gasteiger partial charge on any atom is -0.350 e. The van der Waals surface area contributed by atoms with Crippen LogP contribution in [0.4, 0.5) is 11.4 Å². The largest absolute Gasteiger partial charge is 0.350 e. The highest BCUT2D eigenvalue weighted by Crippen LogP contribution is 2.25. The van der Waals surface area contributed by atoms with Gasteiger partial charge in [-0.25, -0.2) is 4.31 Å². The first kappa shape index (κ1) is 25.4. The highest BCUT2D eigenvalue weighted by atomic mass is 32.2. The number of hydrogen-bond donors (Lipinski definition) is 2. The Morgan fingerprint density at radius 2 is 1.72 bits per heavy atom. The van der Waals surface area contributed by atoms with Crippen molar-refractivity contribution in [2.45, 2.75) is 40.2 Å². The van der Waals surface area contributed by atoms with Crippen LogP contribution in [0.15, 0.2) is 42.5 Å². The molecule has 0 aliphatic rings. The fraction of sp³-hybridized carbons (Fsp3) is 0.391. The van der Waals surface area contributed by atoms with Gasteiger partial charge >= 0.3 is 10.2 Å². The van der Waals surface area contributed by atoms with Gasteiger partial charge in [0.25, 0.3) is 5.91 Å². The van der Waals surface area contributed by atoms with E-state index in [1.165, 1.54) is 14.1 Å². The number of amides is 2. The van der Waals surface area contributed by atoms with Gasteiger partial charge in [0, 0.05) is 20.1 Å². The lowest BCUT2D eigenvalue weighted by Gasteiger charge is -2.28. The minimum absolute atomic E-state index is 0.0173. The van der Waals surface area contributed by atoms with E-state index in [4.69, 9.17) is 0 Å². The summed E-state index contributed by atoms with van der Waals surface area (Å²) >= 11 is 0. The van der Waals surface area contributed by atoms with Crippen LogP contribution in [0.3, 0.4) is 0 Å². The number of nitrogens with one attached hydrogen (secondary N) is 2. The lowest BCUT2D eigenvalue weighted by molar-refractivity contribution is -0.114. The second-order valence-corrected chi connectivity index (χ2v) is 10.0. The molecule has 2 aromatic rings. The predicted molar refractivity (Wildman–Crippen MR) is 128 cm³/mol. The zero-order chi connectivity index (χ0) is 24.1. The maximum absolute atomic E-state index is 13.0. The second kappa shape index (κ2) is 10.6. The third-order valence-electron chi connectivity index (χ3n) is 5.10. The molecule has 0 aliphatic carbocycles. The van der Waals surface area contributed by atoms with Crippen molar-refractivity contribution in [1.82, 2.24) is 9.62 Å². The molecule has 0 aromatic heterocycles. The van der Waals surface area contributed by atoms with Crippen molar-refractivity contribution in [2.24, 2.45) is 0 Å². The van der Waals surface area contributed by atoms with Gasteiger partial charge in [-0.2, -0.15) is 12.7 Å². The SMILES string of the molecule is CC[C@H](C)NC(=O)c1ccccc1NC(=O)CN(c1cc(C)ccc1C)S(=O)(=O)N(C)C. The van der Waals surface area contributed by atoms with E-state index in [0.717, 1.165) is 26.2 Å². The molecule has 0 saturated heterocycles. The fourth-order valence-corrected chi connectivity index (χ4v) is 4.11. The van der Waals surface area contributed by atoms with Crippen LogP contribution in [0.25, 0.3) is 0 Å². The maximum Gasteiger partial charge on any atom is 0.304 e. The Bertz CT molecular complexity index is 1080. The number of carbonyl (C=O) groups excluding carboxylic acids is 2. The minimum atomic E-state index is -3.94. The van der Waals surface area contributed by atoms with Crippen LogP contribution in [-0.2, 0) is 15.0 Å². The van der Waals surface area contributed by atoms with E-state index in [2.05, 4.69) is 10.6 Å². The van der Waals surface area contributed by atoms with E-state index in [-0.39, 0.29) is 11.9 Å². The van der Waals surface area contributed by atoms with Crippen molar-refractivity contribution < 1.29 is 18.0 Å². The fourth-order valence-electron chi connectivity index (χ4n) is 2.99. The molecule has 174 valence electrons. The van der Waals surface area contributed by atoms with Crippen LogP contribution in [0.1, 0.15) is 41.8 Å². The van der Waals surface area contributed by atoms with Crippen LogP contribution in [-0.4, -0.2) is 51.2 Å². The van der Waals surface area contributed by atoms with Gasteiger partial charge < -0.3 is 10.6 Å². The summed E-state index contributed by atoms with van der Waals surface area (Å²) < 4.78 is 28.2. The summed E-state index contributed by atoms with van der Waals surface area (Å²) in [7, 11) is -1.10. The topological polar surface area (TPSA) is 98.8 Å². The third-order valence-corrected chi connectivity index (χ3v) is 6.90. The maximum atomic E-state index is 13.0. The van der Waals surface area contributed by atoms with Crippen molar-refractivity contribution in [3.05, 3.63) is 59.2 Å². The highest BCUT2D eigenvalue weighted by Gasteiger charge is 2.29. The molecule has 2 aromatic carbocycles. The van der Waals surface area contributed by atoms with Crippen molar-refractivity contribution in [3.8, 4) is 0 Å². The number of para-hydroxylation sites is 1. The number of hydrogen-bond acceptors (Lipinski definition) is 4. The molecule has 0 radical (unpaired) electrons. The number of aryl methyl sites for hydroxylation is 2. The van der Waals surface area contributed by atoms with E-state index in [0.29, 0.717) is 16.9 Å². The number of rotatable bonds is 9. The summed E-state index contributed by atoms with van der Waals surface area (Å²) in [5.41, 5.74) is 2.66. The summed E-state index contributed by atoms with van der Waals surface area (Å²) in [4.78, 5) is 25.6. The number of nitrogens with zero attached hydrogens (tertiary/aromatic N) is 2. The average Bonchev–Trinajstić information content (AvgIpc) is 2.73. The molecule has 8 nitrogen and oxygen atoms in total. The molecule has 2 amide bonds. The van der Waals surface area contributed by atoms with Gasteiger partial charge in [-0.15, -0.1) is 0 Å². The smallest absolute Gasteiger partial charge is 0.304 e. The quantitative estimate of drug-likeness (QED) is 0.601. The zero-order valence-corrected chi connectivity index (χ0v) is 20.3. The Hall–Kier alpha value is -2.91. The molecule has 2 N–H and O–H groups in total. The second-order valence-electron chi connectivity index (χ2n) is 7.96. The van der Waals surface area contributed by atoms with Gasteiger partial charge in [-0.3, -0.25) is 9.59 Å². The molecule has 9 heteroatoms. The van der Waals surface area contributed by atoms with Crippen LogP contribution >= 0.6 is 0 Å². The Labute approximate surface area is 190 Å². The Morgan fingerprint density at radius 1 is 1.06 bits per heavy atom. The van der Waals surface area contributed by atoms with Gasteiger partial charge in [0.2, 0.25) is 5.91 Å². The zero-order valence-electron chi connectivity index (χ0n) is 19.5. The highest BCUT2D eigenvalue weighted by molar-refractivity contribution is 7.90. The van der Waals surface area contributed by atoms with Crippen LogP contribution < -0.4 is 14.9 Å². The number of benzene rings is 2. The molecule has 2 rings (SSSR count). The summed E-state index contributed by atoms with van der Waals surface area (Å²) in [6.45, 7) is 7.07. The van der Waals surface area contributed by atoms with Crippen molar-refractivity contribution >= 4 is 33.4 Å². The Balaban J connectivity index is 2.35. The van der Waals surface area contributed by atoms with Crippen LogP contribution in [0.2, 0.25) is 0 Å². The molecule has 0 unspecified atom stereocenters. The van der Waals surface area contributed by atoms with E-state index >= 15 is 0 Å². The van der Waals surface area contributed by atoms with Crippen molar-refractivity contribution in [2.75, 3.05) is 30.3 Å². The van der Waals surface area contributed by atoms with Gasteiger partial charge in [-0.05, 0) is 56.5 Å². The van der Waals surface area contributed by atoms with Crippen molar-refractivity contribution in [1.29, 1.82) is 0 Å². The molecule has 0 fully saturated rings. The molecular weight excluding hydrogens is 428 g/mol. The van der Waals surface area contributed by atoms with Crippen LogP contribution in [0, 0.1) is 13.8 Å². The first-order chi connectivity index (χ1) is 15.0. The van der Waals surface area contributed by atoms with Gasteiger partial charge in [-0.1, -0.05) is 31.2 Å². The number of carbonyl (C=O) groups is 2. The first-order valence-electron chi connectivity index (χ1n) is 10.4. The monoisotopic (exact) mass is 460 g/mol. The Morgan fingerprint density at radius 3 is 2.34 bits per heavy atom. The number of anilines is 2. The molecule has 0 bridgehead atoms. The standard InChI is InChI=1S/C23H32N4O4S/c1-7-18(4)24-23(29)19-10-8-9-11-20(19)25-22(28)15-27(32(30,31)26(5)6)21-14-16(2)12-13-17(21)3/h8-14,18H,7,15H2,1-6H3,(H,24,29)(H,25,28)/t18-/m0/s1. The third kappa shape index (κ3) is 6.08.